The van der Waals surface area contributed by atoms with Gasteiger partial charge in [0.1, 0.15) is 18.1 Å². The Balaban J connectivity index is 1.73. The highest BCUT2D eigenvalue weighted by atomic mass is 32.2. The zero-order valence-corrected chi connectivity index (χ0v) is 19.7. The molecular weight excluding hydrogens is 463 g/mol. The summed E-state index contributed by atoms with van der Waals surface area (Å²) >= 11 is 1.59. The van der Waals surface area contributed by atoms with Gasteiger partial charge in [-0.25, -0.2) is 12.8 Å². The summed E-state index contributed by atoms with van der Waals surface area (Å²) in [7, 11) is -4.10. The van der Waals surface area contributed by atoms with E-state index in [9.17, 15) is 17.6 Å². The number of ether oxygens (including phenoxy) is 1. The SMILES string of the molecule is CCOc1ccc(N(CC(=O)NCCSc2ccccc2)S(=O)(=O)c2ccc(F)cc2)cc1. The number of sulfonamides is 1. The zero-order chi connectivity index (χ0) is 23.7. The van der Waals surface area contributed by atoms with E-state index in [0.29, 0.717) is 30.3 Å². The number of benzene rings is 3. The molecule has 0 spiro atoms. The van der Waals surface area contributed by atoms with Gasteiger partial charge in [0.15, 0.2) is 0 Å². The van der Waals surface area contributed by atoms with Crippen LogP contribution in [-0.2, 0) is 14.8 Å². The fourth-order valence-electron chi connectivity index (χ4n) is 2.99. The number of nitrogens with one attached hydrogen (secondary N) is 1. The summed E-state index contributed by atoms with van der Waals surface area (Å²) in [6.07, 6.45) is 0. The lowest BCUT2D eigenvalue weighted by molar-refractivity contribution is -0.119. The van der Waals surface area contributed by atoms with Crippen LogP contribution in [-0.4, -0.2) is 39.8 Å². The van der Waals surface area contributed by atoms with Crippen LogP contribution in [0.1, 0.15) is 6.92 Å². The summed E-state index contributed by atoms with van der Waals surface area (Å²) in [5, 5.41) is 2.77. The van der Waals surface area contributed by atoms with E-state index in [1.54, 1.807) is 36.0 Å². The van der Waals surface area contributed by atoms with Crippen LogP contribution < -0.4 is 14.4 Å². The fraction of sp³-hybridized carbons (Fsp3) is 0.208. The number of hydrogen-bond donors (Lipinski definition) is 1. The van der Waals surface area contributed by atoms with Gasteiger partial charge in [0.2, 0.25) is 5.91 Å². The quantitative estimate of drug-likeness (QED) is 0.321. The largest absolute Gasteiger partial charge is 0.494 e. The highest BCUT2D eigenvalue weighted by molar-refractivity contribution is 7.99. The van der Waals surface area contributed by atoms with Crippen molar-refractivity contribution >= 4 is 33.4 Å². The van der Waals surface area contributed by atoms with Crippen LogP contribution in [0.15, 0.2) is 88.7 Å². The number of anilines is 1. The lowest BCUT2D eigenvalue weighted by Gasteiger charge is -2.24. The summed E-state index contributed by atoms with van der Waals surface area (Å²) < 4.78 is 46.3. The van der Waals surface area contributed by atoms with Crippen molar-refractivity contribution in [2.75, 3.05) is 29.8 Å². The maximum Gasteiger partial charge on any atom is 0.264 e. The second kappa shape index (κ2) is 11.7. The molecule has 6 nitrogen and oxygen atoms in total. The third kappa shape index (κ3) is 6.97. The van der Waals surface area contributed by atoms with Gasteiger partial charge in [-0.15, -0.1) is 11.8 Å². The van der Waals surface area contributed by atoms with Gasteiger partial charge < -0.3 is 10.1 Å². The number of amides is 1. The maximum atomic E-state index is 13.3. The lowest BCUT2D eigenvalue weighted by Crippen LogP contribution is -2.41. The molecule has 0 aliphatic carbocycles. The Labute approximate surface area is 197 Å². The molecule has 0 saturated heterocycles. The van der Waals surface area contributed by atoms with Crippen LogP contribution in [0.3, 0.4) is 0 Å². The molecule has 9 heteroatoms. The minimum absolute atomic E-state index is 0.106. The number of hydrogen-bond acceptors (Lipinski definition) is 5. The van der Waals surface area contributed by atoms with Crippen molar-refractivity contribution in [3.05, 3.63) is 84.7 Å². The number of carbonyl (C=O) groups is 1. The van der Waals surface area contributed by atoms with Crippen molar-refractivity contribution in [3.63, 3.8) is 0 Å². The molecule has 0 radical (unpaired) electrons. The summed E-state index contributed by atoms with van der Waals surface area (Å²) in [4.78, 5) is 13.6. The Hall–Kier alpha value is -3.04. The molecule has 0 fully saturated rings. The van der Waals surface area contributed by atoms with Gasteiger partial charge in [0, 0.05) is 17.2 Å². The van der Waals surface area contributed by atoms with Crippen LogP contribution in [0.2, 0.25) is 0 Å². The van der Waals surface area contributed by atoms with Crippen LogP contribution in [0.5, 0.6) is 5.75 Å². The van der Waals surface area contributed by atoms with Gasteiger partial charge in [-0.3, -0.25) is 9.10 Å². The van der Waals surface area contributed by atoms with E-state index in [1.807, 2.05) is 37.3 Å². The Bertz CT molecular complexity index is 1140. The predicted octanol–water partition coefficient (Wildman–Crippen LogP) is 4.33. The number of halogens is 1. The molecule has 0 aliphatic rings. The Kier molecular flexibility index (Phi) is 8.73. The molecular formula is C24H25FN2O4S2. The molecule has 1 amide bonds. The zero-order valence-electron chi connectivity index (χ0n) is 18.1. The van der Waals surface area contributed by atoms with Crippen molar-refractivity contribution in [2.24, 2.45) is 0 Å². The Morgan fingerprint density at radius 1 is 1.00 bits per heavy atom. The first-order chi connectivity index (χ1) is 15.9. The molecule has 3 rings (SSSR count). The van der Waals surface area contributed by atoms with Crippen molar-refractivity contribution in [3.8, 4) is 5.75 Å². The number of carbonyl (C=O) groups excluding carboxylic acids is 1. The molecule has 3 aromatic rings. The first-order valence-electron chi connectivity index (χ1n) is 10.4. The summed E-state index contributed by atoms with van der Waals surface area (Å²) in [5.41, 5.74) is 0.302. The number of rotatable bonds is 11. The van der Waals surface area contributed by atoms with E-state index in [0.717, 1.165) is 21.3 Å². The molecule has 1 N–H and O–H groups in total. The first kappa shape index (κ1) is 24.6. The van der Waals surface area contributed by atoms with E-state index in [1.165, 1.54) is 12.1 Å². The first-order valence-corrected chi connectivity index (χ1v) is 12.8. The van der Waals surface area contributed by atoms with Crippen LogP contribution >= 0.6 is 11.8 Å². The third-order valence-electron chi connectivity index (χ3n) is 4.56. The molecule has 0 aromatic heterocycles. The van der Waals surface area contributed by atoms with Crippen molar-refractivity contribution in [2.45, 2.75) is 16.7 Å². The molecule has 0 atom stereocenters. The number of thioether (sulfide) groups is 1. The van der Waals surface area contributed by atoms with Crippen molar-refractivity contribution < 1.29 is 22.3 Å². The van der Waals surface area contributed by atoms with E-state index < -0.39 is 28.3 Å². The summed E-state index contributed by atoms with van der Waals surface area (Å²) in [6, 6.07) is 20.7. The van der Waals surface area contributed by atoms with Gasteiger partial charge in [0.05, 0.1) is 17.2 Å². The second-order valence-corrected chi connectivity index (χ2v) is 9.93. The van der Waals surface area contributed by atoms with E-state index in [2.05, 4.69) is 5.32 Å². The normalized spacial score (nSPS) is 11.1. The van der Waals surface area contributed by atoms with Gasteiger partial charge in [-0.05, 0) is 67.6 Å². The minimum atomic E-state index is -4.10. The summed E-state index contributed by atoms with van der Waals surface area (Å²) in [5.74, 6) is 0.241. The molecule has 3 aromatic carbocycles. The van der Waals surface area contributed by atoms with Crippen molar-refractivity contribution in [1.29, 1.82) is 0 Å². The Morgan fingerprint density at radius 2 is 1.67 bits per heavy atom. The van der Waals surface area contributed by atoms with Gasteiger partial charge in [-0.2, -0.15) is 0 Å². The average molecular weight is 489 g/mol. The predicted molar refractivity (Wildman–Crippen MR) is 129 cm³/mol. The Morgan fingerprint density at radius 3 is 2.30 bits per heavy atom. The number of nitrogens with zero attached hydrogens (tertiary/aromatic N) is 1. The minimum Gasteiger partial charge on any atom is -0.494 e. The highest BCUT2D eigenvalue weighted by Crippen LogP contribution is 2.26. The standard InChI is InChI=1S/C24H25FN2O4S2/c1-2-31-21-12-10-20(11-13-21)27(33(29,30)23-14-8-19(25)9-15-23)18-24(28)26-16-17-32-22-6-4-3-5-7-22/h3-15H,2,16-18H2,1H3,(H,26,28). The topological polar surface area (TPSA) is 75.7 Å². The lowest BCUT2D eigenvalue weighted by atomic mass is 10.3. The second-order valence-electron chi connectivity index (χ2n) is 6.90. The van der Waals surface area contributed by atoms with Gasteiger partial charge >= 0.3 is 0 Å². The monoisotopic (exact) mass is 488 g/mol. The van der Waals surface area contributed by atoms with Crippen LogP contribution in [0.25, 0.3) is 0 Å². The van der Waals surface area contributed by atoms with E-state index in [4.69, 9.17) is 4.74 Å². The summed E-state index contributed by atoms with van der Waals surface area (Å²) in [6.45, 7) is 2.29. The third-order valence-corrected chi connectivity index (χ3v) is 7.36. The van der Waals surface area contributed by atoms with Gasteiger partial charge in [0.25, 0.3) is 10.0 Å². The fourth-order valence-corrected chi connectivity index (χ4v) is 5.20. The maximum absolute atomic E-state index is 13.3. The molecule has 33 heavy (non-hydrogen) atoms. The van der Waals surface area contributed by atoms with E-state index in [-0.39, 0.29) is 4.90 Å². The van der Waals surface area contributed by atoms with E-state index >= 15 is 0 Å². The van der Waals surface area contributed by atoms with Gasteiger partial charge in [-0.1, -0.05) is 18.2 Å². The van der Waals surface area contributed by atoms with Crippen LogP contribution in [0, 0.1) is 5.82 Å². The molecule has 0 bridgehead atoms. The van der Waals surface area contributed by atoms with Crippen molar-refractivity contribution in [1.82, 2.24) is 5.32 Å². The molecule has 0 heterocycles. The smallest absolute Gasteiger partial charge is 0.264 e. The molecule has 0 unspecified atom stereocenters. The molecule has 0 aliphatic heterocycles. The highest BCUT2D eigenvalue weighted by Gasteiger charge is 2.27. The van der Waals surface area contributed by atoms with Crippen LogP contribution in [0.4, 0.5) is 10.1 Å². The molecule has 174 valence electrons. The average Bonchev–Trinajstić information content (AvgIpc) is 2.82. The molecule has 0 saturated carbocycles.